The van der Waals surface area contributed by atoms with Gasteiger partial charge in [-0.1, -0.05) is 68.5 Å². The van der Waals surface area contributed by atoms with Crippen LogP contribution in [0.4, 0.5) is 0 Å². The van der Waals surface area contributed by atoms with Crippen LogP contribution in [-0.2, 0) is 11.2 Å². The number of hydrogen-bond donors (Lipinski definition) is 1. The van der Waals surface area contributed by atoms with Crippen molar-refractivity contribution in [1.29, 1.82) is 0 Å². The van der Waals surface area contributed by atoms with Crippen LogP contribution in [0.1, 0.15) is 54.5 Å². The van der Waals surface area contributed by atoms with Gasteiger partial charge in [0.15, 0.2) is 0 Å². The molecular formula is C28H30O3. The van der Waals surface area contributed by atoms with E-state index in [1.165, 1.54) is 5.56 Å². The Kier molecular flexibility index (Phi) is 7.30. The molecule has 0 aliphatic carbocycles. The van der Waals surface area contributed by atoms with Crippen molar-refractivity contribution in [3.63, 3.8) is 0 Å². The van der Waals surface area contributed by atoms with Crippen LogP contribution in [0.15, 0.2) is 66.7 Å². The number of ether oxygens (including phenoxy) is 1. The molecule has 0 aromatic heterocycles. The Labute approximate surface area is 185 Å². The Hall–Kier alpha value is -3.33. The van der Waals surface area contributed by atoms with Crippen molar-refractivity contribution in [1.82, 2.24) is 0 Å². The number of hydrogen-bond acceptors (Lipinski definition) is 3. The molecule has 1 N–H and O–H groups in total. The van der Waals surface area contributed by atoms with Crippen LogP contribution in [0.25, 0.3) is 12.2 Å². The largest absolute Gasteiger partial charge is 0.508 e. The van der Waals surface area contributed by atoms with Gasteiger partial charge in [-0.25, -0.2) is 0 Å². The first-order valence-electron chi connectivity index (χ1n) is 10.7. The van der Waals surface area contributed by atoms with E-state index in [0.29, 0.717) is 11.7 Å². The summed E-state index contributed by atoms with van der Waals surface area (Å²) in [5.74, 6) is 0.788. The van der Waals surface area contributed by atoms with E-state index in [0.717, 1.165) is 28.7 Å². The lowest BCUT2D eigenvalue weighted by molar-refractivity contribution is -0.135. The van der Waals surface area contributed by atoms with Crippen molar-refractivity contribution in [2.45, 2.75) is 40.0 Å². The molecule has 0 saturated carbocycles. The van der Waals surface area contributed by atoms with Crippen LogP contribution >= 0.6 is 0 Å². The first-order chi connectivity index (χ1) is 14.8. The Morgan fingerprint density at radius 3 is 2.16 bits per heavy atom. The van der Waals surface area contributed by atoms with E-state index in [1.54, 1.807) is 24.3 Å². The minimum Gasteiger partial charge on any atom is -0.508 e. The fraction of sp³-hybridized carbons (Fsp3) is 0.250. The van der Waals surface area contributed by atoms with Crippen molar-refractivity contribution in [3.05, 3.63) is 94.5 Å². The lowest BCUT2D eigenvalue weighted by Crippen LogP contribution is -2.16. The van der Waals surface area contributed by atoms with Gasteiger partial charge in [-0.3, -0.25) is 4.79 Å². The Bertz CT molecular complexity index is 1020. The first-order valence-corrected chi connectivity index (χ1v) is 10.7. The second kappa shape index (κ2) is 10.1. The van der Waals surface area contributed by atoms with Crippen LogP contribution in [0.5, 0.6) is 11.5 Å². The van der Waals surface area contributed by atoms with Gasteiger partial charge in [0.25, 0.3) is 0 Å². The minimum atomic E-state index is -0.332. The zero-order valence-electron chi connectivity index (χ0n) is 18.6. The van der Waals surface area contributed by atoms with Gasteiger partial charge in [-0.05, 0) is 78.3 Å². The van der Waals surface area contributed by atoms with Gasteiger partial charge in [0.05, 0.1) is 5.92 Å². The van der Waals surface area contributed by atoms with Crippen LogP contribution in [-0.4, -0.2) is 11.1 Å². The number of benzene rings is 3. The van der Waals surface area contributed by atoms with Crippen molar-refractivity contribution < 1.29 is 14.6 Å². The number of phenolic OH excluding ortho intramolecular Hbond substituents is 1. The summed E-state index contributed by atoms with van der Waals surface area (Å²) in [6.45, 7) is 8.21. The average Bonchev–Trinajstić information content (AvgIpc) is 2.72. The smallest absolute Gasteiger partial charge is 0.318 e. The van der Waals surface area contributed by atoms with E-state index < -0.39 is 0 Å². The van der Waals surface area contributed by atoms with Crippen LogP contribution in [0.2, 0.25) is 0 Å². The first kappa shape index (κ1) is 22.4. The highest BCUT2D eigenvalue weighted by Gasteiger charge is 2.17. The normalized spacial score (nSPS) is 12.3. The quantitative estimate of drug-likeness (QED) is 0.263. The number of carbonyl (C=O) groups is 1. The molecule has 0 saturated heterocycles. The summed E-state index contributed by atoms with van der Waals surface area (Å²) < 4.78 is 5.58. The topological polar surface area (TPSA) is 46.5 Å². The summed E-state index contributed by atoms with van der Waals surface area (Å²) in [6, 6.07) is 21.1. The third kappa shape index (κ3) is 6.58. The summed E-state index contributed by atoms with van der Waals surface area (Å²) in [6.07, 6.45) is 4.94. The van der Waals surface area contributed by atoms with Crippen molar-refractivity contribution in [2.24, 2.45) is 5.92 Å². The molecule has 3 nitrogen and oxygen atoms in total. The van der Waals surface area contributed by atoms with E-state index in [2.05, 4.69) is 26.0 Å². The molecule has 160 valence electrons. The van der Waals surface area contributed by atoms with Gasteiger partial charge in [-0.15, -0.1) is 0 Å². The van der Waals surface area contributed by atoms with Crippen LogP contribution in [0, 0.1) is 12.8 Å². The maximum Gasteiger partial charge on any atom is 0.318 e. The number of aromatic hydroxyl groups is 1. The third-order valence-corrected chi connectivity index (χ3v) is 5.13. The highest BCUT2D eigenvalue weighted by atomic mass is 16.5. The maximum absolute atomic E-state index is 12.6. The van der Waals surface area contributed by atoms with Crippen molar-refractivity contribution >= 4 is 18.1 Å². The molecule has 0 radical (unpaired) electrons. The number of rotatable bonds is 7. The highest BCUT2D eigenvalue weighted by Crippen LogP contribution is 2.22. The fourth-order valence-corrected chi connectivity index (χ4v) is 3.48. The molecule has 0 bridgehead atoms. The lowest BCUT2D eigenvalue weighted by atomic mass is 9.97. The second-order valence-electron chi connectivity index (χ2n) is 8.49. The molecule has 0 aliphatic heterocycles. The Balaban J connectivity index is 1.61. The van der Waals surface area contributed by atoms with E-state index in [1.807, 2.05) is 56.3 Å². The van der Waals surface area contributed by atoms with Gasteiger partial charge in [0.1, 0.15) is 11.5 Å². The molecule has 0 aliphatic rings. The molecular weight excluding hydrogens is 384 g/mol. The Morgan fingerprint density at radius 1 is 0.903 bits per heavy atom. The zero-order chi connectivity index (χ0) is 22.4. The maximum atomic E-state index is 12.6. The standard InChI is InChI=1S/C28H30O3/c1-19(2)15-23-7-11-25(12-8-23)21(4)28(30)31-27-13-9-22(10-14-27)5-6-24-16-20(3)17-26(29)18-24/h5-14,16-19,21,29H,15H2,1-4H3. The van der Waals surface area contributed by atoms with Crippen molar-refractivity contribution in [2.75, 3.05) is 0 Å². The van der Waals surface area contributed by atoms with Crippen LogP contribution in [0.3, 0.4) is 0 Å². The van der Waals surface area contributed by atoms with Gasteiger partial charge in [0, 0.05) is 0 Å². The number of aryl methyl sites for hydroxylation is 1. The number of esters is 1. The summed E-state index contributed by atoms with van der Waals surface area (Å²) >= 11 is 0. The molecule has 0 heterocycles. The van der Waals surface area contributed by atoms with Gasteiger partial charge in [-0.2, -0.15) is 0 Å². The molecule has 3 aromatic rings. The Morgan fingerprint density at radius 2 is 1.55 bits per heavy atom. The minimum absolute atomic E-state index is 0.255. The predicted molar refractivity (Wildman–Crippen MR) is 127 cm³/mol. The summed E-state index contributed by atoms with van der Waals surface area (Å²) in [5, 5.41) is 9.70. The van der Waals surface area contributed by atoms with Gasteiger partial charge in [0.2, 0.25) is 0 Å². The zero-order valence-corrected chi connectivity index (χ0v) is 18.6. The molecule has 31 heavy (non-hydrogen) atoms. The summed E-state index contributed by atoms with van der Waals surface area (Å²) in [7, 11) is 0. The monoisotopic (exact) mass is 414 g/mol. The van der Waals surface area contributed by atoms with Gasteiger partial charge >= 0.3 is 5.97 Å². The second-order valence-corrected chi connectivity index (χ2v) is 8.49. The fourth-order valence-electron chi connectivity index (χ4n) is 3.48. The lowest BCUT2D eigenvalue weighted by Gasteiger charge is -2.13. The predicted octanol–water partition coefficient (Wildman–Crippen LogP) is 6.78. The van der Waals surface area contributed by atoms with E-state index in [4.69, 9.17) is 4.74 Å². The molecule has 0 fully saturated rings. The SMILES string of the molecule is Cc1cc(O)cc(C=Cc2ccc(OC(=O)C(C)c3ccc(CC(C)C)cc3)cc2)c1. The summed E-state index contributed by atoms with van der Waals surface area (Å²) in [4.78, 5) is 12.6. The molecule has 1 unspecified atom stereocenters. The summed E-state index contributed by atoms with van der Waals surface area (Å²) in [5.41, 5.74) is 5.16. The molecule has 3 rings (SSSR count). The molecule has 3 aromatic carbocycles. The third-order valence-electron chi connectivity index (χ3n) is 5.13. The molecule has 1 atom stereocenters. The highest BCUT2D eigenvalue weighted by molar-refractivity contribution is 5.80. The molecule has 0 amide bonds. The number of carbonyl (C=O) groups excluding carboxylic acids is 1. The van der Waals surface area contributed by atoms with E-state index in [-0.39, 0.29) is 17.6 Å². The average molecular weight is 415 g/mol. The van der Waals surface area contributed by atoms with E-state index in [9.17, 15) is 9.90 Å². The number of phenols is 1. The van der Waals surface area contributed by atoms with Gasteiger partial charge < -0.3 is 9.84 Å². The van der Waals surface area contributed by atoms with Crippen LogP contribution < -0.4 is 4.74 Å². The molecule has 3 heteroatoms. The van der Waals surface area contributed by atoms with Crippen molar-refractivity contribution in [3.8, 4) is 11.5 Å². The van der Waals surface area contributed by atoms with E-state index >= 15 is 0 Å². The molecule has 0 spiro atoms.